The van der Waals surface area contributed by atoms with E-state index in [2.05, 4.69) is 10.4 Å². The fourth-order valence-electron chi connectivity index (χ4n) is 2.22. The zero-order valence-corrected chi connectivity index (χ0v) is 14.8. The molecule has 1 N–H and O–H groups in total. The normalized spacial score (nSPS) is 10.5. The summed E-state index contributed by atoms with van der Waals surface area (Å²) >= 11 is 7.34. The third-order valence-corrected chi connectivity index (χ3v) is 4.73. The van der Waals surface area contributed by atoms with Gasteiger partial charge in [-0.2, -0.15) is 5.10 Å². The van der Waals surface area contributed by atoms with Crippen LogP contribution in [0, 0.1) is 0 Å². The van der Waals surface area contributed by atoms with Crippen molar-refractivity contribution in [2.75, 3.05) is 12.4 Å². The molecule has 0 saturated carbocycles. The Balaban J connectivity index is 1.72. The van der Waals surface area contributed by atoms with E-state index in [9.17, 15) is 9.59 Å². The number of methoxy groups -OCH3 is 1. The molecule has 25 heavy (non-hydrogen) atoms. The second-order valence-electron chi connectivity index (χ2n) is 5.13. The van der Waals surface area contributed by atoms with Crippen molar-refractivity contribution in [3.63, 3.8) is 0 Å². The lowest BCUT2D eigenvalue weighted by molar-refractivity contribution is 0.0607. The Morgan fingerprint density at radius 3 is 2.88 bits per heavy atom. The van der Waals surface area contributed by atoms with Gasteiger partial charge in [0.25, 0.3) is 5.91 Å². The smallest absolute Gasteiger partial charge is 0.350 e. The molecule has 0 spiro atoms. The minimum Gasteiger partial charge on any atom is -0.465 e. The van der Waals surface area contributed by atoms with E-state index in [0.29, 0.717) is 27.7 Å². The number of hydrogen-bond donors (Lipinski definition) is 1. The van der Waals surface area contributed by atoms with Gasteiger partial charge in [0.1, 0.15) is 4.88 Å². The second kappa shape index (κ2) is 7.50. The number of nitrogens with one attached hydrogen (secondary N) is 1. The van der Waals surface area contributed by atoms with E-state index in [-0.39, 0.29) is 5.91 Å². The largest absolute Gasteiger partial charge is 0.465 e. The third-order valence-electron chi connectivity index (χ3n) is 3.47. The van der Waals surface area contributed by atoms with Crippen molar-refractivity contribution in [3.05, 3.63) is 69.1 Å². The molecule has 0 saturated heterocycles. The highest BCUT2D eigenvalue weighted by atomic mass is 35.5. The highest BCUT2D eigenvalue weighted by molar-refractivity contribution is 7.12. The maximum atomic E-state index is 12.4. The Hall–Kier alpha value is -2.64. The van der Waals surface area contributed by atoms with Gasteiger partial charge in [-0.15, -0.1) is 11.3 Å². The SMILES string of the molecule is COC(=O)c1sccc1NC(=O)c1cnn(Cc2ccccc2Cl)c1. The van der Waals surface area contributed by atoms with Crippen LogP contribution in [0.2, 0.25) is 5.02 Å². The van der Waals surface area contributed by atoms with Gasteiger partial charge >= 0.3 is 5.97 Å². The molecule has 1 aromatic carbocycles. The maximum absolute atomic E-state index is 12.4. The Bertz CT molecular complexity index is 919. The molecule has 0 aliphatic carbocycles. The van der Waals surface area contributed by atoms with Crippen LogP contribution in [0.1, 0.15) is 25.6 Å². The lowest BCUT2D eigenvalue weighted by atomic mass is 10.2. The third kappa shape index (κ3) is 3.89. The lowest BCUT2D eigenvalue weighted by Crippen LogP contribution is -2.13. The second-order valence-corrected chi connectivity index (χ2v) is 6.45. The Labute approximate surface area is 153 Å². The van der Waals surface area contributed by atoms with Crippen LogP contribution in [0.3, 0.4) is 0 Å². The lowest BCUT2D eigenvalue weighted by Gasteiger charge is -2.05. The first kappa shape index (κ1) is 17.2. The predicted octanol–water partition coefficient (Wildman–Crippen LogP) is 3.69. The number of carbonyl (C=O) groups excluding carboxylic acids is 2. The quantitative estimate of drug-likeness (QED) is 0.690. The number of carbonyl (C=O) groups is 2. The number of rotatable bonds is 5. The number of thiophene rings is 1. The summed E-state index contributed by atoms with van der Waals surface area (Å²) in [4.78, 5) is 24.4. The average molecular weight is 376 g/mol. The van der Waals surface area contributed by atoms with Gasteiger partial charge in [0.05, 0.1) is 31.1 Å². The fourth-order valence-corrected chi connectivity index (χ4v) is 3.18. The van der Waals surface area contributed by atoms with Crippen molar-refractivity contribution in [3.8, 4) is 0 Å². The molecular formula is C17H14ClN3O3S. The van der Waals surface area contributed by atoms with Crippen LogP contribution in [0.5, 0.6) is 0 Å². The van der Waals surface area contributed by atoms with Crippen molar-refractivity contribution in [2.45, 2.75) is 6.54 Å². The van der Waals surface area contributed by atoms with Crippen LogP contribution < -0.4 is 5.32 Å². The molecule has 0 unspecified atom stereocenters. The predicted molar refractivity (Wildman–Crippen MR) is 96.4 cm³/mol. The van der Waals surface area contributed by atoms with Crippen molar-refractivity contribution in [2.24, 2.45) is 0 Å². The van der Waals surface area contributed by atoms with Crippen molar-refractivity contribution < 1.29 is 14.3 Å². The minimum absolute atomic E-state index is 0.347. The van der Waals surface area contributed by atoms with Gasteiger partial charge in [0.15, 0.2) is 0 Å². The van der Waals surface area contributed by atoms with Gasteiger partial charge in [-0.3, -0.25) is 9.48 Å². The molecule has 0 radical (unpaired) electrons. The number of halogens is 1. The van der Waals surface area contributed by atoms with Gasteiger partial charge in [-0.25, -0.2) is 4.79 Å². The van der Waals surface area contributed by atoms with Crippen molar-refractivity contribution >= 4 is 40.5 Å². The van der Waals surface area contributed by atoms with E-state index in [4.69, 9.17) is 16.3 Å². The average Bonchev–Trinajstić information content (AvgIpc) is 3.26. The Kier molecular flexibility index (Phi) is 5.16. The number of aromatic nitrogens is 2. The summed E-state index contributed by atoms with van der Waals surface area (Å²) in [6, 6.07) is 9.11. The molecule has 0 aliphatic rings. The zero-order valence-electron chi connectivity index (χ0n) is 13.2. The van der Waals surface area contributed by atoms with Crippen LogP contribution >= 0.6 is 22.9 Å². The minimum atomic E-state index is -0.486. The van der Waals surface area contributed by atoms with Crippen LogP contribution in [0.4, 0.5) is 5.69 Å². The molecular weight excluding hydrogens is 362 g/mol. The summed E-state index contributed by atoms with van der Waals surface area (Å²) in [6.07, 6.45) is 3.10. The summed E-state index contributed by atoms with van der Waals surface area (Å²) in [7, 11) is 1.30. The summed E-state index contributed by atoms with van der Waals surface area (Å²) in [5.41, 5.74) is 1.71. The number of amides is 1. The van der Waals surface area contributed by atoms with E-state index >= 15 is 0 Å². The Morgan fingerprint density at radius 1 is 1.32 bits per heavy atom. The van der Waals surface area contributed by atoms with Crippen molar-refractivity contribution in [1.82, 2.24) is 9.78 Å². The highest BCUT2D eigenvalue weighted by Crippen LogP contribution is 2.23. The van der Waals surface area contributed by atoms with Gasteiger partial charge < -0.3 is 10.1 Å². The first-order valence-electron chi connectivity index (χ1n) is 7.31. The number of anilines is 1. The van der Waals surface area contributed by atoms with Crippen LogP contribution in [0.15, 0.2) is 48.1 Å². The van der Waals surface area contributed by atoms with E-state index in [1.54, 1.807) is 28.4 Å². The molecule has 2 aromatic heterocycles. The van der Waals surface area contributed by atoms with Crippen LogP contribution in [-0.2, 0) is 11.3 Å². The van der Waals surface area contributed by atoms with E-state index < -0.39 is 5.97 Å². The van der Waals surface area contributed by atoms with E-state index in [1.807, 2.05) is 18.2 Å². The summed E-state index contributed by atoms with van der Waals surface area (Å²) in [5.74, 6) is -0.839. The van der Waals surface area contributed by atoms with E-state index in [0.717, 1.165) is 5.56 Å². The number of ether oxygens (including phenoxy) is 1. The molecule has 0 aliphatic heterocycles. The van der Waals surface area contributed by atoms with Gasteiger partial charge in [0.2, 0.25) is 0 Å². The molecule has 0 bridgehead atoms. The summed E-state index contributed by atoms with van der Waals surface area (Å²) in [5, 5.41) is 9.24. The molecule has 3 aromatic rings. The number of nitrogens with zero attached hydrogens (tertiary/aromatic N) is 2. The van der Waals surface area contributed by atoms with Crippen LogP contribution in [-0.4, -0.2) is 28.8 Å². The molecule has 8 heteroatoms. The Morgan fingerprint density at radius 2 is 2.12 bits per heavy atom. The summed E-state index contributed by atoms with van der Waals surface area (Å²) < 4.78 is 6.33. The highest BCUT2D eigenvalue weighted by Gasteiger charge is 2.17. The molecule has 0 atom stereocenters. The fraction of sp³-hybridized carbons (Fsp3) is 0.118. The van der Waals surface area contributed by atoms with Gasteiger partial charge in [-0.05, 0) is 23.1 Å². The number of esters is 1. The van der Waals surface area contributed by atoms with Gasteiger partial charge in [0, 0.05) is 11.2 Å². The zero-order chi connectivity index (χ0) is 17.8. The molecule has 1 amide bonds. The summed E-state index contributed by atoms with van der Waals surface area (Å²) in [6.45, 7) is 0.457. The monoisotopic (exact) mass is 375 g/mol. The molecule has 2 heterocycles. The van der Waals surface area contributed by atoms with E-state index in [1.165, 1.54) is 24.6 Å². The molecule has 6 nitrogen and oxygen atoms in total. The molecule has 0 fully saturated rings. The van der Waals surface area contributed by atoms with Gasteiger partial charge in [-0.1, -0.05) is 29.8 Å². The standard InChI is InChI=1S/C17H14ClN3O3S/c1-24-17(23)15-14(6-7-25-15)20-16(22)12-8-19-21(10-12)9-11-4-2-3-5-13(11)18/h2-8,10H,9H2,1H3,(H,20,22). The van der Waals surface area contributed by atoms with Crippen molar-refractivity contribution in [1.29, 1.82) is 0 Å². The number of hydrogen-bond acceptors (Lipinski definition) is 5. The number of benzene rings is 1. The topological polar surface area (TPSA) is 73.2 Å². The molecule has 3 rings (SSSR count). The van der Waals surface area contributed by atoms with Crippen LogP contribution in [0.25, 0.3) is 0 Å². The molecule has 128 valence electrons. The maximum Gasteiger partial charge on any atom is 0.350 e. The first-order chi connectivity index (χ1) is 12.1. The first-order valence-corrected chi connectivity index (χ1v) is 8.57.